The van der Waals surface area contributed by atoms with E-state index in [4.69, 9.17) is 10.00 Å². The maximum atomic E-state index is 8.56. The van der Waals surface area contributed by atoms with Gasteiger partial charge in [0, 0.05) is 18.4 Å². The molecule has 1 aliphatic rings. The maximum absolute atomic E-state index is 8.56. The van der Waals surface area contributed by atoms with Gasteiger partial charge in [0.1, 0.15) is 0 Å². The van der Waals surface area contributed by atoms with Crippen molar-refractivity contribution in [1.82, 2.24) is 0 Å². The first kappa shape index (κ1) is 10.3. The first-order valence-electron chi connectivity index (χ1n) is 4.89. The molecule has 0 aromatic heterocycles. The second-order valence-electron chi connectivity index (χ2n) is 3.82. The Morgan fingerprint density at radius 3 is 2.85 bits per heavy atom. The lowest BCUT2D eigenvalue weighted by Crippen LogP contribution is -2.10. The Bertz CT molecular complexity index is 201. The highest BCUT2D eigenvalue weighted by Crippen LogP contribution is 2.48. The minimum atomic E-state index is 0.239. The fraction of sp³-hybridized carbons (Fsp3) is 0.727. The summed E-state index contributed by atoms with van der Waals surface area (Å²) < 4.78 is 5.52. The van der Waals surface area contributed by atoms with Crippen LogP contribution in [0.2, 0.25) is 0 Å². The van der Waals surface area contributed by atoms with Crippen molar-refractivity contribution in [3.63, 3.8) is 0 Å². The highest BCUT2D eigenvalue weighted by atomic mass is 16.5. The van der Waals surface area contributed by atoms with Crippen LogP contribution >= 0.6 is 0 Å². The van der Waals surface area contributed by atoms with Crippen LogP contribution in [0.3, 0.4) is 0 Å². The van der Waals surface area contributed by atoms with Gasteiger partial charge in [-0.25, -0.2) is 0 Å². The van der Waals surface area contributed by atoms with Gasteiger partial charge < -0.3 is 4.74 Å². The molecular formula is C11H17NO. The van der Waals surface area contributed by atoms with E-state index >= 15 is 0 Å². The molecule has 72 valence electrons. The number of nitriles is 1. The van der Waals surface area contributed by atoms with E-state index in [0.717, 1.165) is 26.1 Å². The van der Waals surface area contributed by atoms with Gasteiger partial charge in [0.05, 0.1) is 12.7 Å². The second-order valence-corrected chi connectivity index (χ2v) is 3.82. The van der Waals surface area contributed by atoms with Crippen LogP contribution in [0.4, 0.5) is 0 Å². The number of unbranched alkanes of at least 4 members (excludes halogenated alkanes) is 1. The van der Waals surface area contributed by atoms with Gasteiger partial charge in [-0.2, -0.15) is 5.26 Å². The van der Waals surface area contributed by atoms with Gasteiger partial charge in [0.15, 0.2) is 0 Å². The quantitative estimate of drug-likeness (QED) is 0.444. The zero-order chi connectivity index (χ0) is 9.57. The van der Waals surface area contributed by atoms with Gasteiger partial charge in [-0.3, -0.25) is 0 Å². The van der Waals surface area contributed by atoms with Crippen LogP contribution in [0, 0.1) is 16.7 Å². The molecule has 0 saturated heterocycles. The van der Waals surface area contributed by atoms with Crippen LogP contribution in [0.25, 0.3) is 0 Å². The van der Waals surface area contributed by atoms with Crippen molar-refractivity contribution in [1.29, 1.82) is 5.26 Å². The predicted molar refractivity (Wildman–Crippen MR) is 52.1 cm³/mol. The molecule has 0 aromatic rings. The van der Waals surface area contributed by atoms with Gasteiger partial charge in [-0.1, -0.05) is 6.08 Å². The molecule has 1 fully saturated rings. The molecule has 0 heterocycles. The normalized spacial score (nSPS) is 17.8. The highest BCUT2D eigenvalue weighted by molar-refractivity contribution is 4.99. The molecule has 0 amide bonds. The Kier molecular flexibility index (Phi) is 3.98. The van der Waals surface area contributed by atoms with Crippen LogP contribution in [-0.4, -0.2) is 13.2 Å². The second kappa shape index (κ2) is 5.04. The Morgan fingerprint density at radius 2 is 2.31 bits per heavy atom. The Morgan fingerprint density at radius 1 is 1.54 bits per heavy atom. The lowest BCUT2D eigenvalue weighted by Gasteiger charge is -2.10. The zero-order valence-corrected chi connectivity index (χ0v) is 8.09. The smallest absolute Gasteiger partial charge is 0.0628 e. The number of rotatable bonds is 7. The fourth-order valence-corrected chi connectivity index (χ4v) is 1.34. The number of allylic oxidation sites excluding steroid dienone is 1. The van der Waals surface area contributed by atoms with Crippen molar-refractivity contribution in [3.8, 4) is 6.07 Å². The van der Waals surface area contributed by atoms with E-state index in [0.29, 0.717) is 6.42 Å². The first-order chi connectivity index (χ1) is 6.33. The van der Waals surface area contributed by atoms with E-state index in [9.17, 15) is 0 Å². The summed E-state index contributed by atoms with van der Waals surface area (Å²) in [5.74, 6) is 0. The molecule has 1 saturated carbocycles. The summed E-state index contributed by atoms with van der Waals surface area (Å²) in [6.45, 7) is 5.23. The molecule has 2 nitrogen and oxygen atoms in total. The summed E-state index contributed by atoms with van der Waals surface area (Å²) in [6.07, 6.45) is 6.97. The molecule has 1 aliphatic carbocycles. The molecule has 0 radical (unpaired) electrons. The van der Waals surface area contributed by atoms with Crippen LogP contribution in [0.1, 0.15) is 32.1 Å². The molecule has 2 heteroatoms. The molecule has 0 spiro atoms. The summed E-state index contributed by atoms with van der Waals surface area (Å²) in [6, 6.07) is 2.23. The van der Waals surface area contributed by atoms with Crippen molar-refractivity contribution < 1.29 is 4.74 Å². The van der Waals surface area contributed by atoms with Crippen LogP contribution in [0.15, 0.2) is 12.7 Å². The third-order valence-electron chi connectivity index (χ3n) is 2.52. The number of nitrogens with zero attached hydrogens (tertiary/aromatic N) is 1. The monoisotopic (exact) mass is 179 g/mol. The molecule has 0 aromatic carbocycles. The maximum Gasteiger partial charge on any atom is 0.0628 e. The largest absolute Gasteiger partial charge is 0.381 e. The summed E-state index contributed by atoms with van der Waals surface area (Å²) >= 11 is 0. The number of ether oxygens (including phenoxy) is 1. The van der Waals surface area contributed by atoms with Gasteiger partial charge in [-0.15, -0.1) is 6.58 Å². The van der Waals surface area contributed by atoms with Crippen molar-refractivity contribution in [3.05, 3.63) is 12.7 Å². The van der Waals surface area contributed by atoms with Gasteiger partial charge in [0.25, 0.3) is 0 Å². The van der Waals surface area contributed by atoms with Gasteiger partial charge in [-0.05, 0) is 25.7 Å². The molecule has 0 atom stereocenters. The SMILES string of the molecule is C=CCCCOCC1(CC#N)CC1. The molecule has 0 aliphatic heterocycles. The highest BCUT2D eigenvalue weighted by Gasteiger charge is 2.42. The van der Waals surface area contributed by atoms with E-state index in [2.05, 4.69) is 12.6 Å². The van der Waals surface area contributed by atoms with Crippen LogP contribution < -0.4 is 0 Å². The average molecular weight is 179 g/mol. The topological polar surface area (TPSA) is 33.0 Å². The number of hydrogen-bond acceptors (Lipinski definition) is 2. The van der Waals surface area contributed by atoms with Crippen LogP contribution in [0.5, 0.6) is 0 Å². The Labute approximate surface area is 80.2 Å². The average Bonchev–Trinajstić information content (AvgIpc) is 2.86. The summed E-state index contributed by atoms with van der Waals surface area (Å²) in [4.78, 5) is 0. The first-order valence-corrected chi connectivity index (χ1v) is 4.89. The summed E-state index contributed by atoms with van der Waals surface area (Å²) in [5, 5.41) is 8.56. The van der Waals surface area contributed by atoms with E-state index in [-0.39, 0.29) is 5.41 Å². The molecule has 0 bridgehead atoms. The number of hydrogen-bond donors (Lipinski definition) is 0. The van der Waals surface area contributed by atoms with E-state index < -0.39 is 0 Å². The Balaban J connectivity index is 1.99. The third-order valence-corrected chi connectivity index (χ3v) is 2.52. The van der Waals surface area contributed by atoms with Crippen LogP contribution in [-0.2, 0) is 4.74 Å². The van der Waals surface area contributed by atoms with E-state index in [1.807, 2.05) is 6.08 Å². The zero-order valence-electron chi connectivity index (χ0n) is 8.09. The van der Waals surface area contributed by atoms with Crippen molar-refractivity contribution in [2.45, 2.75) is 32.1 Å². The van der Waals surface area contributed by atoms with Gasteiger partial charge >= 0.3 is 0 Å². The van der Waals surface area contributed by atoms with E-state index in [1.54, 1.807) is 0 Å². The van der Waals surface area contributed by atoms with Gasteiger partial charge in [0.2, 0.25) is 0 Å². The third kappa shape index (κ3) is 3.61. The molecule has 0 N–H and O–H groups in total. The molecule has 1 rings (SSSR count). The summed E-state index contributed by atoms with van der Waals surface area (Å²) in [5.41, 5.74) is 0.239. The molecule has 0 unspecified atom stereocenters. The van der Waals surface area contributed by atoms with Crippen molar-refractivity contribution >= 4 is 0 Å². The molecule has 13 heavy (non-hydrogen) atoms. The van der Waals surface area contributed by atoms with Crippen molar-refractivity contribution in [2.24, 2.45) is 5.41 Å². The Hall–Kier alpha value is -0.810. The molecular weight excluding hydrogens is 162 g/mol. The lowest BCUT2D eigenvalue weighted by atomic mass is 10.1. The van der Waals surface area contributed by atoms with Crippen molar-refractivity contribution in [2.75, 3.05) is 13.2 Å². The lowest BCUT2D eigenvalue weighted by molar-refractivity contribution is 0.0903. The van der Waals surface area contributed by atoms with E-state index in [1.165, 1.54) is 12.8 Å². The summed E-state index contributed by atoms with van der Waals surface area (Å²) in [7, 11) is 0. The fourth-order valence-electron chi connectivity index (χ4n) is 1.34. The minimum Gasteiger partial charge on any atom is -0.381 e. The minimum absolute atomic E-state index is 0.239. The standard InChI is InChI=1S/C11H17NO/c1-2-3-4-9-13-10-11(5-6-11)7-8-12/h2H,1,3-7,9-10H2. The predicted octanol–water partition coefficient (Wildman–Crippen LogP) is 2.66.